The van der Waals surface area contributed by atoms with E-state index < -0.39 is 0 Å². The molecule has 0 saturated carbocycles. The molecule has 1 heterocycles. The number of ether oxygens (including phenoxy) is 1. The summed E-state index contributed by atoms with van der Waals surface area (Å²) in [5.74, 6) is 5.24. The van der Waals surface area contributed by atoms with Gasteiger partial charge in [0.05, 0.1) is 6.61 Å². The van der Waals surface area contributed by atoms with Gasteiger partial charge >= 0.3 is 0 Å². The van der Waals surface area contributed by atoms with E-state index in [1.807, 2.05) is 6.92 Å². The molecule has 0 aromatic carbocycles. The van der Waals surface area contributed by atoms with Crippen molar-refractivity contribution in [2.45, 2.75) is 13.0 Å². The smallest absolute Gasteiger partial charge is 0.272 e. The van der Waals surface area contributed by atoms with E-state index in [9.17, 15) is 4.79 Å². The Labute approximate surface area is 93.3 Å². The first-order valence-electron chi connectivity index (χ1n) is 4.77. The molecule has 88 valence electrons. The maximum Gasteiger partial charge on any atom is 0.272 e. The lowest BCUT2D eigenvalue weighted by Crippen LogP contribution is -2.36. The molecule has 16 heavy (non-hydrogen) atoms. The summed E-state index contributed by atoms with van der Waals surface area (Å²) in [5.41, 5.74) is 2.57. The molecule has 0 fully saturated rings. The third-order valence-corrected chi connectivity index (χ3v) is 1.84. The fourth-order valence-electron chi connectivity index (χ4n) is 1.12. The topological polar surface area (TPSA) is 102 Å². The number of hydrazine groups is 1. The Morgan fingerprint density at radius 3 is 2.81 bits per heavy atom. The van der Waals surface area contributed by atoms with E-state index in [0.717, 1.165) is 0 Å². The van der Waals surface area contributed by atoms with Crippen molar-refractivity contribution < 1.29 is 9.53 Å². The number of methoxy groups -OCH3 is 1. The molecule has 1 aromatic heterocycles. The molecule has 0 aliphatic heterocycles. The molecule has 0 spiro atoms. The number of nitrogens with zero attached hydrogens (tertiary/aromatic N) is 2. The molecule has 4 N–H and O–H groups in total. The number of hydrogen-bond acceptors (Lipinski definition) is 6. The molecule has 1 amide bonds. The van der Waals surface area contributed by atoms with E-state index >= 15 is 0 Å². The Kier molecular flexibility index (Phi) is 4.62. The maximum atomic E-state index is 11.6. The van der Waals surface area contributed by atoms with Gasteiger partial charge in [-0.3, -0.25) is 4.79 Å². The molecule has 0 saturated heterocycles. The predicted octanol–water partition coefficient (Wildman–Crippen LogP) is -0.473. The van der Waals surface area contributed by atoms with Gasteiger partial charge in [0.2, 0.25) is 0 Å². The first-order chi connectivity index (χ1) is 7.67. The van der Waals surface area contributed by atoms with Crippen LogP contribution in [0, 0.1) is 0 Å². The van der Waals surface area contributed by atoms with Crippen LogP contribution in [0.2, 0.25) is 0 Å². The number of carbonyl (C=O) groups is 1. The van der Waals surface area contributed by atoms with Crippen molar-refractivity contribution in [1.29, 1.82) is 0 Å². The summed E-state index contributed by atoms with van der Waals surface area (Å²) in [6, 6.07) is 3.03. The molecule has 0 aliphatic carbocycles. The van der Waals surface area contributed by atoms with Crippen LogP contribution in [0.15, 0.2) is 12.1 Å². The van der Waals surface area contributed by atoms with Crippen LogP contribution in [-0.4, -0.2) is 35.9 Å². The fourth-order valence-corrected chi connectivity index (χ4v) is 1.12. The Bertz CT molecular complexity index is 340. The van der Waals surface area contributed by atoms with Gasteiger partial charge in [-0.25, -0.2) is 5.84 Å². The second-order valence-corrected chi connectivity index (χ2v) is 3.28. The summed E-state index contributed by atoms with van der Waals surface area (Å²) in [4.78, 5) is 11.6. The highest BCUT2D eigenvalue weighted by Gasteiger charge is 2.11. The average Bonchev–Trinajstić information content (AvgIpc) is 2.29. The van der Waals surface area contributed by atoms with Crippen LogP contribution in [0.3, 0.4) is 0 Å². The van der Waals surface area contributed by atoms with Crippen LogP contribution in [0.5, 0.6) is 0 Å². The van der Waals surface area contributed by atoms with Crippen LogP contribution < -0.4 is 16.6 Å². The van der Waals surface area contributed by atoms with E-state index in [2.05, 4.69) is 20.9 Å². The Morgan fingerprint density at radius 2 is 2.31 bits per heavy atom. The molecule has 0 aliphatic rings. The van der Waals surface area contributed by atoms with Crippen molar-refractivity contribution in [2.75, 3.05) is 19.1 Å². The summed E-state index contributed by atoms with van der Waals surface area (Å²) < 4.78 is 4.90. The van der Waals surface area contributed by atoms with Gasteiger partial charge in [-0.05, 0) is 19.1 Å². The van der Waals surface area contributed by atoms with Gasteiger partial charge in [0.1, 0.15) is 0 Å². The third kappa shape index (κ3) is 3.44. The minimum Gasteiger partial charge on any atom is -0.383 e. The lowest BCUT2D eigenvalue weighted by atomic mass is 10.3. The normalized spacial score (nSPS) is 11.9. The molecule has 1 rings (SSSR count). The standard InChI is InChI=1S/C9H15N5O2/c1-6(5-16-2)11-9(15)7-3-4-8(12-10)14-13-7/h3-4,6H,5,10H2,1-2H3,(H,11,15)(H,12,14). The summed E-state index contributed by atoms with van der Waals surface area (Å²) in [5, 5.41) is 10.1. The van der Waals surface area contributed by atoms with Crippen LogP contribution in [-0.2, 0) is 4.74 Å². The van der Waals surface area contributed by atoms with Crippen molar-refractivity contribution in [1.82, 2.24) is 15.5 Å². The Balaban J connectivity index is 2.59. The van der Waals surface area contributed by atoms with E-state index in [1.165, 1.54) is 6.07 Å². The average molecular weight is 225 g/mol. The second-order valence-electron chi connectivity index (χ2n) is 3.28. The van der Waals surface area contributed by atoms with Crippen molar-refractivity contribution in [3.8, 4) is 0 Å². The lowest BCUT2D eigenvalue weighted by molar-refractivity contribution is 0.0899. The fraction of sp³-hybridized carbons (Fsp3) is 0.444. The molecular formula is C9H15N5O2. The molecule has 1 aromatic rings. The van der Waals surface area contributed by atoms with Gasteiger partial charge in [-0.15, -0.1) is 10.2 Å². The quantitative estimate of drug-likeness (QED) is 0.462. The zero-order valence-corrected chi connectivity index (χ0v) is 9.23. The molecule has 1 atom stereocenters. The van der Waals surface area contributed by atoms with E-state index in [4.69, 9.17) is 10.6 Å². The van der Waals surface area contributed by atoms with Gasteiger partial charge < -0.3 is 15.5 Å². The zero-order chi connectivity index (χ0) is 12.0. The predicted molar refractivity (Wildman–Crippen MR) is 58.6 cm³/mol. The van der Waals surface area contributed by atoms with Crippen LogP contribution >= 0.6 is 0 Å². The van der Waals surface area contributed by atoms with Gasteiger partial charge in [0, 0.05) is 13.2 Å². The highest BCUT2D eigenvalue weighted by atomic mass is 16.5. The van der Waals surface area contributed by atoms with Crippen molar-refractivity contribution in [3.63, 3.8) is 0 Å². The summed E-state index contributed by atoms with van der Waals surface area (Å²) in [6.07, 6.45) is 0. The number of anilines is 1. The number of hydrogen-bond donors (Lipinski definition) is 3. The van der Waals surface area contributed by atoms with Crippen molar-refractivity contribution >= 4 is 11.7 Å². The number of rotatable bonds is 5. The van der Waals surface area contributed by atoms with Crippen LogP contribution in [0.25, 0.3) is 0 Å². The number of nitrogens with two attached hydrogens (primary N) is 1. The molecule has 1 unspecified atom stereocenters. The lowest BCUT2D eigenvalue weighted by Gasteiger charge is -2.11. The molecule has 0 radical (unpaired) electrons. The van der Waals surface area contributed by atoms with E-state index in [1.54, 1.807) is 13.2 Å². The van der Waals surface area contributed by atoms with Crippen LogP contribution in [0.4, 0.5) is 5.82 Å². The van der Waals surface area contributed by atoms with Crippen molar-refractivity contribution in [2.24, 2.45) is 5.84 Å². The Morgan fingerprint density at radius 1 is 1.56 bits per heavy atom. The number of nitrogens with one attached hydrogen (secondary N) is 2. The van der Waals surface area contributed by atoms with Gasteiger partial charge in [0.25, 0.3) is 5.91 Å². The van der Waals surface area contributed by atoms with Gasteiger partial charge in [-0.1, -0.05) is 0 Å². The SMILES string of the molecule is COCC(C)NC(=O)c1ccc(NN)nn1. The minimum absolute atomic E-state index is 0.0772. The zero-order valence-electron chi connectivity index (χ0n) is 9.23. The first kappa shape index (κ1) is 12.3. The summed E-state index contributed by atoms with van der Waals surface area (Å²) in [7, 11) is 1.57. The first-order valence-corrected chi connectivity index (χ1v) is 4.77. The Hall–Kier alpha value is -1.73. The van der Waals surface area contributed by atoms with Gasteiger partial charge in [0.15, 0.2) is 11.5 Å². The van der Waals surface area contributed by atoms with Gasteiger partial charge in [-0.2, -0.15) is 0 Å². The highest BCUT2D eigenvalue weighted by molar-refractivity contribution is 5.92. The molecular weight excluding hydrogens is 210 g/mol. The largest absolute Gasteiger partial charge is 0.383 e. The molecule has 7 heteroatoms. The number of amides is 1. The van der Waals surface area contributed by atoms with Crippen molar-refractivity contribution in [3.05, 3.63) is 17.8 Å². The molecule has 0 bridgehead atoms. The second kappa shape index (κ2) is 5.99. The van der Waals surface area contributed by atoms with Crippen LogP contribution in [0.1, 0.15) is 17.4 Å². The van der Waals surface area contributed by atoms with E-state index in [0.29, 0.717) is 12.4 Å². The summed E-state index contributed by atoms with van der Waals surface area (Å²) in [6.45, 7) is 2.28. The third-order valence-electron chi connectivity index (χ3n) is 1.84. The minimum atomic E-state index is -0.291. The maximum absolute atomic E-state index is 11.6. The highest BCUT2D eigenvalue weighted by Crippen LogP contribution is 2.00. The number of carbonyl (C=O) groups excluding carboxylic acids is 1. The number of aromatic nitrogens is 2. The summed E-state index contributed by atoms with van der Waals surface area (Å²) >= 11 is 0. The monoisotopic (exact) mass is 225 g/mol. The molecule has 7 nitrogen and oxygen atoms in total. The van der Waals surface area contributed by atoms with E-state index in [-0.39, 0.29) is 17.6 Å². The number of nitrogen functional groups attached to an aromatic ring is 1.